The van der Waals surface area contributed by atoms with E-state index in [0.717, 1.165) is 31.4 Å². The van der Waals surface area contributed by atoms with Gasteiger partial charge in [-0.2, -0.15) is 5.10 Å². The second-order valence-electron chi connectivity index (χ2n) is 6.94. The molecule has 0 bridgehead atoms. The molecule has 2 rings (SSSR count). The number of hydrogen-bond donors (Lipinski definition) is 1. The lowest BCUT2D eigenvalue weighted by Gasteiger charge is -2.40. The van der Waals surface area contributed by atoms with Crippen molar-refractivity contribution in [3.05, 3.63) is 12.2 Å². The normalized spacial score (nSPS) is 24.1. The fourth-order valence-corrected chi connectivity index (χ4v) is 3.25. The molecule has 1 aliphatic rings. The summed E-state index contributed by atoms with van der Waals surface area (Å²) in [5.41, 5.74) is 0. The van der Waals surface area contributed by atoms with Crippen LogP contribution >= 0.6 is 0 Å². The average Bonchev–Trinajstić information content (AvgIpc) is 2.87. The molecular weight excluding hydrogens is 262 g/mol. The van der Waals surface area contributed by atoms with Gasteiger partial charge in [-0.05, 0) is 32.6 Å². The van der Waals surface area contributed by atoms with Crippen molar-refractivity contribution in [2.45, 2.75) is 72.1 Å². The van der Waals surface area contributed by atoms with Gasteiger partial charge in [0.15, 0.2) is 0 Å². The summed E-state index contributed by atoms with van der Waals surface area (Å²) in [7, 11) is 0. The van der Waals surface area contributed by atoms with Crippen LogP contribution in [0.15, 0.2) is 6.33 Å². The van der Waals surface area contributed by atoms with Crippen LogP contribution in [0.5, 0.6) is 0 Å². The van der Waals surface area contributed by atoms with Crippen molar-refractivity contribution >= 4 is 0 Å². The average molecular weight is 293 g/mol. The van der Waals surface area contributed by atoms with Crippen LogP contribution in [0.1, 0.15) is 59.3 Å². The van der Waals surface area contributed by atoms with Gasteiger partial charge in [-0.15, -0.1) is 0 Å². The first-order chi connectivity index (χ1) is 10.0. The van der Waals surface area contributed by atoms with Gasteiger partial charge >= 0.3 is 0 Å². The largest absolute Gasteiger partial charge is 0.311 e. The van der Waals surface area contributed by atoms with E-state index in [1.807, 2.05) is 4.68 Å². The van der Waals surface area contributed by atoms with Crippen LogP contribution in [0.2, 0.25) is 0 Å². The van der Waals surface area contributed by atoms with Gasteiger partial charge in [-0.3, -0.25) is 4.90 Å². The molecule has 120 valence electrons. The highest BCUT2D eigenvalue weighted by Gasteiger charge is 2.28. The second-order valence-corrected chi connectivity index (χ2v) is 6.94. The third kappa shape index (κ3) is 4.27. The van der Waals surface area contributed by atoms with Gasteiger partial charge in [-0.25, -0.2) is 9.67 Å². The van der Waals surface area contributed by atoms with Gasteiger partial charge in [0.25, 0.3) is 0 Å². The van der Waals surface area contributed by atoms with Gasteiger partial charge in [0.1, 0.15) is 12.2 Å². The predicted octanol–water partition coefficient (Wildman–Crippen LogP) is 2.46. The monoisotopic (exact) mass is 293 g/mol. The Labute approximate surface area is 129 Å². The Kier molecular flexibility index (Phi) is 5.76. The van der Waals surface area contributed by atoms with Crippen LogP contribution in [-0.4, -0.2) is 44.8 Å². The maximum absolute atomic E-state index is 4.48. The first kappa shape index (κ1) is 16.4. The maximum Gasteiger partial charge on any atom is 0.141 e. The lowest BCUT2D eigenvalue weighted by molar-refractivity contribution is 0.106. The Bertz CT molecular complexity index is 426. The summed E-state index contributed by atoms with van der Waals surface area (Å²) in [6.07, 6.45) is 4.10. The van der Waals surface area contributed by atoms with E-state index >= 15 is 0 Å². The van der Waals surface area contributed by atoms with Gasteiger partial charge in [0.05, 0.1) is 6.54 Å². The first-order valence-corrected chi connectivity index (χ1v) is 8.37. The Morgan fingerprint density at radius 2 is 2.10 bits per heavy atom. The van der Waals surface area contributed by atoms with Crippen LogP contribution in [0.4, 0.5) is 0 Å². The van der Waals surface area contributed by atoms with Crippen molar-refractivity contribution in [1.29, 1.82) is 0 Å². The fourth-order valence-electron chi connectivity index (χ4n) is 3.25. The van der Waals surface area contributed by atoms with E-state index in [1.165, 1.54) is 12.8 Å². The third-order valence-electron chi connectivity index (χ3n) is 4.32. The summed E-state index contributed by atoms with van der Waals surface area (Å²) in [5.74, 6) is 1.83. The Hall–Kier alpha value is -0.940. The van der Waals surface area contributed by atoms with Crippen molar-refractivity contribution in [3.8, 4) is 0 Å². The number of aromatic nitrogens is 3. The minimum absolute atomic E-state index is 0.372. The summed E-state index contributed by atoms with van der Waals surface area (Å²) in [6.45, 7) is 14.3. The highest BCUT2D eigenvalue weighted by atomic mass is 15.4. The molecule has 5 heteroatoms. The lowest BCUT2D eigenvalue weighted by Crippen LogP contribution is -2.56. The molecule has 5 nitrogen and oxygen atoms in total. The molecule has 2 atom stereocenters. The molecule has 0 spiro atoms. The molecule has 0 aliphatic carbocycles. The van der Waals surface area contributed by atoms with Gasteiger partial charge in [0.2, 0.25) is 0 Å². The van der Waals surface area contributed by atoms with Crippen molar-refractivity contribution in [3.63, 3.8) is 0 Å². The van der Waals surface area contributed by atoms with Crippen LogP contribution in [0.25, 0.3) is 0 Å². The lowest BCUT2D eigenvalue weighted by atomic mass is 9.99. The molecule has 1 saturated heterocycles. The maximum atomic E-state index is 4.48. The van der Waals surface area contributed by atoms with E-state index in [2.05, 4.69) is 54.9 Å². The van der Waals surface area contributed by atoms with Gasteiger partial charge < -0.3 is 5.32 Å². The molecule has 0 radical (unpaired) electrons. The van der Waals surface area contributed by atoms with E-state index in [1.54, 1.807) is 6.33 Å². The van der Waals surface area contributed by atoms with E-state index in [0.29, 0.717) is 18.1 Å². The highest BCUT2D eigenvalue weighted by Crippen LogP contribution is 2.18. The Morgan fingerprint density at radius 1 is 1.33 bits per heavy atom. The zero-order chi connectivity index (χ0) is 15.4. The highest BCUT2D eigenvalue weighted by molar-refractivity contribution is 4.92. The number of hydrogen-bond acceptors (Lipinski definition) is 4. The quantitative estimate of drug-likeness (QED) is 0.875. The number of rotatable bonds is 6. The van der Waals surface area contributed by atoms with Crippen LogP contribution < -0.4 is 5.32 Å². The molecule has 1 aromatic heterocycles. The predicted molar refractivity (Wildman–Crippen MR) is 86.1 cm³/mol. The molecule has 1 N–H and O–H groups in total. The Morgan fingerprint density at radius 3 is 2.71 bits per heavy atom. The first-order valence-electron chi connectivity index (χ1n) is 8.37. The van der Waals surface area contributed by atoms with E-state index < -0.39 is 0 Å². The van der Waals surface area contributed by atoms with Crippen LogP contribution in [-0.2, 0) is 6.54 Å². The van der Waals surface area contributed by atoms with Gasteiger partial charge in [-0.1, -0.05) is 20.8 Å². The Balaban J connectivity index is 2.05. The third-order valence-corrected chi connectivity index (χ3v) is 4.32. The van der Waals surface area contributed by atoms with Crippen molar-refractivity contribution in [2.24, 2.45) is 5.92 Å². The van der Waals surface area contributed by atoms with E-state index in [-0.39, 0.29) is 0 Å². The second kappa shape index (κ2) is 7.36. The minimum Gasteiger partial charge on any atom is -0.311 e. The standard InChI is InChI=1S/C16H31N5/c1-6-15-8-17-14(7-12(2)3)9-20(15)10-16-18-11-19-21(16)13(4)5/h11-15,17H,6-10H2,1-5H3. The molecule has 1 aliphatic heterocycles. The molecular formula is C16H31N5. The molecule has 0 saturated carbocycles. The SMILES string of the molecule is CCC1CNC(CC(C)C)CN1Cc1ncnn1C(C)C. The zero-order valence-corrected chi connectivity index (χ0v) is 14.2. The summed E-state index contributed by atoms with van der Waals surface area (Å²) < 4.78 is 2.05. The van der Waals surface area contributed by atoms with Crippen LogP contribution in [0, 0.1) is 5.92 Å². The molecule has 1 fully saturated rings. The number of nitrogens with one attached hydrogen (secondary N) is 1. The van der Waals surface area contributed by atoms with Gasteiger partial charge in [0, 0.05) is 31.2 Å². The molecule has 2 heterocycles. The van der Waals surface area contributed by atoms with Crippen molar-refractivity contribution in [1.82, 2.24) is 25.0 Å². The molecule has 0 aromatic carbocycles. The van der Waals surface area contributed by atoms with E-state index in [9.17, 15) is 0 Å². The van der Waals surface area contributed by atoms with E-state index in [4.69, 9.17) is 0 Å². The molecule has 2 unspecified atom stereocenters. The summed E-state index contributed by atoms with van der Waals surface area (Å²) in [4.78, 5) is 7.07. The van der Waals surface area contributed by atoms with Crippen LogP contribution in [0.3, 0.4) is 0 Å². The minimum atomic E-state index is 0.372. The summed E-state index contributed by atoms with van der Waals surface area (Å²) in [6, 6.07) is 1.57. The molecule has 21 heavy (non-hydrogen) atoms. The fraction of sp³-hybridized carbons (Fsp3) is 0.875. The topological polar surface area (TPSA) is 46.0 Å². The summed E-state index contributed by atoms with van der Waals surface area (Å²) in [5, 5.41) is 8.08. The smallest absolute Gasteiger partial charge is 0.141 e. The molecule has 1 aromatic rings. The molecule has 0 amide bonds. The number of nitrogens with zero attached hydrogens (tertiary/aromatic N) is 4. The zero-order valence-electron chi connectivity index (χ0n) is 14.2. The van der Waals surface area contributed by atoms with Crippen molar-refractivity contribution in [2.75, 3.05) is 13.1 Å². The number of piperazine rings is 1. The van der Waals surface area contributed by atoms with Crippen molar-refractivity contribution < 1.29 is 0 Å². The summed E-state index contributed by atoms with van der Waals surface area (Å²) >= 11 is 0.